The average molecular weight is 328 g/mol. The van der Waals surface area contributed by atoms with Crippen LogP contribution in [0.15, 0.2) is 51.7 Å². The average Bonchev–Trinajstić information content (AvgIpc) is 2.24. The molecule has 4 heteroatoms. The maximum absolute atomic E-state index is 4.06. The molecule has 0 aliphatic rings. The fraction of sp³-hybridized carbons (Fsp3) is 0. The lowest BCUT2D eigenvalue weighted by molar-refractivity contribution is 1.31. The zero-order valence-electron chi connectivity index (χ0n) is 7.74. The predicted molar refractivity (Wildman–Crippen MR) is 69.4 cm³/mol. The molecule has 0 saturated carbocycles. The number of nitrogens with zero attached hydrogens (tertiary/aromatic N) is 1. The van der Waals surface area contributed by atoms with E-state index in [-0.39, 0.29) is 0 Å². The molecule has 0 aliphatic carbocycles. The first kappa shape index (κ1) is 10.6. The van der Waals surface area contributed by atoms with Gasteiger partial charge in [-0.2, -0.15) is 0 Å². The highest BCUT2D eigenvalue weighted by Crippen LogP contribution is 2.28. The van der Waals surface area contributed by atoms with E-state index in [2.05, 4.69) is 42.2 Å². The van der Waals surface area contributed by atoms with Crippen molar-refractivity contribution < 1.29 is 0 Å². The summed E-state index contributed by atoms with van der Waals surface area (Å²) in [6, 6.07) is 9.86. The smallest absolute Gasteiger partial charge is 0.0715 e. The normalized spacial score (nSPS) is 10.0. The van der Waals surface area contributed by atoms with Gasteiger partial charge in [0.05, 0.1) is 17.6 Å². The number of benzene rings is 1. The number of nitrogens with one attached hydrogen (secondary N) is 1. The SMILES string of the molecule is Brc1ccccc1Nc1cnccc1Br. The first-order valence-corrected chi connectivity index (χ1v) is 5.97. The molecule has 0 spiro atoms. The van der Waals surface area contributed by atoms with Crippen LogP contribution in [0.25, 0.3) is 0 Å². The maximum Gasteiger partial charge on any atom is 0.0715 e. The van der Waals surface area contributed by atoms with E-state index in [0.29, 0.717) is 0 Å². The van der Waals surface area contributed by atoms with Crippen LogP contribution in [0.1, 0.15) is 0 Å². The molecule has 2 rings (SSSR count). The van der Waals surface area contributed by atoms with Gasteiger partial charge in [0.1, 0.15) is 0 Å². The topological polar surface area (TPSA) is 24.9 Å². The molecular weight excluding hydrogens is 320 g/mol. The second-order valence-electron chi connectivity index (χ2n) is 2.96. The van der Waals surface area contributed by atoms with E-state index in [0.717, 1.165) is 20.3 Å². The number of anilines is 2. The summed E-state index contributed by atoms with van der Waals surface area (Å²) in [6.45, 7) is 0. The molecule has 2 aromatic rings. The van der Waals surface area contributed by atoms with Crippen molar-refractivity contribution in [1.82, 2.24) is 4.98 Å². The Labute approximate surface area is 105 Å². The molecule has 1 heterocycles. The number of hydrogen-bond acceptors (Lipinski definition) is 2. The molecule has 0 saturated heterocycles. The zero-order chi connectivity index (χ0) is 10.7. The summed E-state index contributed by atoms with van der Waals surface area (Å²) in [5.41, 5.74) is 1.97. The van der Waals surface area contributed by atoms with E-state index < -0.39 is 0 Å². The molecule has 76 valence electrons. The third kappa shape index (κ3) is 2.58. The van der Waals surface area contributed by atoms with Crippen molar-refractivity contribution in [2.45, 2.75) is 0 Å². The van der Waals surface area contributed by atoms with Crippen molar-refractivity contribution in [2.24, 2.45) is 0 Å². The standard InChI is InChI=1S/C11H8Br2N2/c12-8-3-1-2-4-10(8)15-11-7-14-6-5-9(11)13/h1-7,15H. The van der Waals surface area contributed by atoms with E-state index in [1.165, 1.54) is 0 Å². The number of rotatable bonds is 2. The van der Waals surface area contributed by atoms with Gasteiger partial charge >= 0.3 is 0 Å². The summed E-state index contributed by atoms with van der Waals surface area (Å²) >= 11 is 6.94. The van der Waals surface area contributed by atoms with Gasteiger partial charge in [-0.15, -0.1) is 0 Å². The Kier molecular flexibility index (Phi) is 3.38. The van der Waals surface area contributed by atoms with Crippen LogP contribution in [0.4, 0.5) is 11.4 Å². The largest absolute Gasteiger partial charge is 0.352 e. The van der Waals surface area contributed by atoms with Crippen molar-refractivity contribution in [2.75, 3.05) is 5.32 Å². The molecule has 1 aromatic heterocycles. The molecule has 0 bridgehead atoms. The van der Waals surface area contributed by atoms with Crippen LogP contribution in [-0.2, 0) is 0 Å². The summed E-state index contributed by atoms with van der Waals surface area (Å²) in [5, 5.41) is 3.28. The molecule has 0 aliphatic heterocycles. The minimum Gasteiger partial charge on any atom is -0.352 e. The highest BCUT2D eigenvalue weighted by molar-refractivity contribution is 9.11. The molecule has 0 fully saturated rings. The number of halogens is 2. The summed E-state index contributed by atoms with van der Waals surface area (Å²) in [7, 11) is 0. The van der Waals surface area contributed by atoms with Gasteiger partial charge < -0.3 is 5.32 Å². The maximum atomic E-state index is 4.06. The number of pyridine rings is 1. The Morgan fingerprint density at radius 3 is 2.40 bits per heavy atom. The van der Waals surface area contributed by atoms with Crippen LogP contribution < -0.4 is 5.32 Å². The fourth-order valence-corrected chi connectivity index (χ4v) is 1.88. The van der Waals surface area contributed by atoms with Crippen molar-refractivity contribution in [3.05, 3.63) is 51.7 Å². The van der Waals surface area contributed by atoms with Crippen LogP contribution in [0.5, 0.6) is 0 Å². The molecule has 1 N–H and O–H groups in total. The second kappa shape index (κ2) is 4.77. The predicted octanol–water partition coefficient (Wildman–Crippen LogP) is 4.35. The lowest BCUT2D eigenvalue weighted by Gasteiger charge is -2.09. The molecular formula is C11H8Br2N2. The first-order chi connectivity index (χ1) is 7.27. The van der Waals surface area contributed by atoms with Gasteiger partial charge in [0.2, 0.25) is 0 Å². The minimum absolute atomic E-state index is 0.949. The van der Waals surface area contributed by atoms with Gasteiger partial charge in [-0.25, -0.2) is 0 Å². The Bertz CT molecular complexity index is 428. The van der Waals surface area contributed by atoms with E-state index in [9.17, 15) is 0 Å². The fourth-order valence-electron chi connectivity index (χ4n) is 1.18. The Morgan fingerprint density at radius 2 is 1.67 bits per heavy atom. The lowest BCUT2D eigenvalue weighted by Crippen LogP contribution is -1.92. The highest BCUT2D eigenvalue weighted by atomic mass is 79.9. The Hall–Kier alpha value is -0.870. The monoisotopic (exact) mass is 326 g/mol. The third-order valence-corrected chi connectivity index (χ3v) is 3.29. The minimum atomic E-state index is 0.949. The van der Waals surface area contributed by atoms with Crippen molar-refractivity contribution in [1.29, 1.82) is 0 Å². The van der Waals surface area contributed by atoms with E-state index in [4.69, 9.17) is 0 Å². The van der Waals surface area contributed by atoms with Gasteiger partial charge in [0.25, 0.3) is 0 Å². The van der Waals surface area contributed by atoms with Gasteiger partial charge in [0.15, 0.2) is 0 Å². The summed E-state index contributed by atoms with van der Waals surface area (Å²) in [5.74, 6) is 0. The molecule has 1 aromatic carbocycles. The van der Waals surface area contributed by atoms with Crippen LogP contribution >= 0.6 is 31.9 Å². The van der Waals surface area contributed by atoms with Gasteiger partial charge in [0, 0.05) is 15.1 Å². The molecule has 0 amide bonds. The summed E-state index contributed by atoms with van der Waals surface area (Å²) < 4.78 is 2.02. The Balaban J connectivity index is 2.30. The first-order valence-electron chi connectivity index (χ1n) is 4.38. The number of para-hydroxylation sites is 1. The van der Waals surface area contributed by atoms with Crippen LogP contribution in [0.3, 0.4) is 0 Å². The molecule has 15 heavy (non-hydrogen) atoms. The van der Waals surface area contributed by atoms with E-state index in [1.807, 2.05) is 30.3 Å². The molecule has 0 unspecified atom stereocenters. The summed E-state index contributed by atoms with van der Waals surface area (Å²) in [4.78, 5) is 4.06. The Morgan fingerprint density at radius 1 is 0.933 bits per heavy atom. The van der Waals surface area contributed by atoms with Crippen molar-refractivity contribution in [3.8, 4) is 0 Å². The van der Waals surface area contributed by atoms with Crippen molar-refractivity contribution >= 4 is 43.2 Å². The summed E-state index contributed by atoms with van der Waals surface area (Å²) in [6.07, 6.45) is 3.53. The quantitative estimate of drug-likeness (QED) is 0.887. The molecule has 2 nitrogen and oxygen atoms in total. The van der Waals surface area contributed by atoms with Crippen LogP contribution in [-0.4, -0.2) is 4.98 Å². The van der Waals surface area contributed by atoms with E-state index >= 15 is 0 Å². The van der Waals surface area contributed by atoms with Crippen molar-refractivity contribution in [3.63, 3.8) is 0 Å². The second-order valence-corrected chi connectivity index (χ2v) is 4.67. The molecule has 0 radical (unpaired) electrons. The van der Waals surface area contributed by atoms with Gasteiger partial charge in [-0.05, 0) is 50.1 Å². The number of hydrogen-bond donors (Lipinski definition) is 1. The highest BCUT2D eigenvalue weighted by Gasteiger charge is 2.01. The van der Waals surface area contributed by atoms with Gasteiger partial charge in [-0.3, -0.25) is 4.98 Å². The third-order valence-electron chi connectivity index (χ3n) is 1.91. The van der Waals surface area contributed by atoms with E-state index in [1.54, 1.807) is 12.4 Å². The lowest BCUT2D eigenvalue weighted by atomic mass is 10.3. The number of aromatic nitrogens is 1. The molecule has 0 atom stereocenters. The van der Waals surface area contributed by atoms with Crippen LogP contribution in [0, 0.1) is 0 Å². The van der Waals surface area contributed by atoms with Crippen LogP contribution in [0.2, 0.25) is 0 Å². The zero-order valence-corrected chi connectivity index (χ0v) is 10.9. The van der Waals surface area contributed by atoms with Gasteiger partial charge in [-0.1, -0.05) is 12.1 Å².